The highest BCUT2D eigenvalue weighted by Gasteiger charge is 2.35. The van der Waals surface area contributed by atoms with E-state index in [2.05, 4.69) is 31.2 Å². The summed E-state index contributed by atoms with van der Waals surface area (Å²) < 4.78 is 11.5. The molecule has 0 aliphatic carbocycles. The molecule has 0 N–H and O–H groups in total. The smallest absolute Gasteiger partial charge is 0.163 e. The number of thioether (sulfide) groups is 1. The number of rotatable bonds is 4. The third-order valence-electron chi connectivity index (χ3n) is 2.92. The fourth-order valence-electron chi connectivity index (χ4n) is 1.85. The van der Waals surface area contributed by atoms with E-state index in [1.807, 2.05) is 31.7 Å². The number of benzene rings is 1. The van der Waals surface area contributed by atoms with Crippen LogP contribution in [0.3, 0.4) is 0 Å². The summed E-state index contributed by atoms with van der Waals surface area (Å²) in [7, 11) is 0. The van der Waals surface area contributed by atoms with Crippen LogP contribution >= 0.6 is 11.8 Å². The molecule has 17 heavy (non-hydrogen) atoms. The standard InChI is InChI=1S/C14H20O2S/c1-11(13-9-15-14(2,3)16-13)10-17-12-7-5-4-6-8-12/h4-8,11,13H,9-10H2,1-3H3/t11-,13-/m0/s1. The van der Waals surface area contributed by atoms with Crippen LogP contribution in [0.1, 0.15) is 20.8 Å². The fourth-order valence-corrected chi connectivity index (χ4v) is 2.87. The summed E-state index contributed by atoms with van der Waals surface area (Å²) in [6.07, 6.45) is 0.223. The zero-order valence-corrected chi connectivity index (χ0v) is 11.5. The Morgan fingerprint density at radius 3 is 2.65 bits per heavy atom. The molecular formula is C14H20O2S. The number of ether oxygens (including phenoxy) is 2. The molecule has 2 rings (SSSR count). The fraction of sp³-hybridized carbons (Fsp3) is 0.571. The van der Waals surface area contributed by atoms with Gasteiger partial charge in [-0.1, -0.05) is 25.1 Å². The SMILES string of the molecule is C[C@@H](CSc1ccccc1)[C@@H]1COC(C)(C)O1. The van der Waals surface area contributed by atoms with Crippen molar-refractivity contribution in [3.8, 4) is 0 Å². The molecule has 1 aromatic carbocycles. The van der Waals surface area contributed by atoms with Gasteiger partial charge < -0.3 is 9.47 Å². The molecule has 1 fully saturated rings. The molecule has 1 aromatic rings. The van der Waals surface area contributed by atoms with Crippen molar-refractivity contribution in [1.82, 2.24) is 0 Å². The molecule has 1 aliphatic rings. The first-order chi connectivity index (χ1) is 8.07. The van der Waals surface area contributed by atoms with Gasteiger partial charge in [0.05, 0.1) is 12.7 Å². The van der Waals surface area contributed by atoms with E-state index in [-0.39, 0.29) is 6.10 Å². The Morgan fingerprint density at radius 2 is 2.06 bits per heavy atom. The highest BCUT2D eigenvalue weighted by atomic mass is 32.2. The Hall–Kier alpha value is -0.510. The van der Waals surface area contributed by atoms with Gasteiger partial charge in [0.25, 0.3) is 0 Å². The molecule has 1 heterocycles. The summed E-state index contributed by atoms with van der Waals surface area (Å²) in [6, 6.07) is 10.5. The molecule has 0 amide bonds. The largest absolute Gasteiger partial charge is 0.348 e. The lowest BCUT2D eigenvalue weighted by Crippen LogP contribution is -2.26. The third-order valence-corrected chi connectivity index (χ3v) is 4.22. The van der Waals surface area contributed by atoms with Gasteiger partial charge in [0, 0.05) is 10.6 Å². The maximum Gasteiger partial charge on any atom is 0.163 e. The monoisotopic (exact) mass is 252 g/mol. The predicted molar refractivity (Wildman–Crippen MR) is 71.2 cm³/mol. The average Bonchev–Trinajstić information content (AvgIpc) is 2.68. The van der Waals surface area contributed by atoms with Gasteiger partial charge in [-0.05, 0) is 31.9 Å². The van der Waals surface area contributed by atoms with Crippen molar-refractivity contribution >= 4 is 11.8 Å². The normalized spacial score (nSPS) is 24.8. The molecule has 2 nitrogen and oxygen atoms in total. The first-order valence-corrected chi connectivity index (χ1v) is 7.05. The van der Waals surface area contributed by atoms with Crippen LogP contribution in [0.4, 0.5) is 0 Å². The van der Waals surface area contributed by atoms with Crippen LogP contribution in [0, 0.1) is 5.92 Å². The lowest BCUT2D eigenvalue weighted by Gasteiger charge is -2.20. The van der Waals surface area contributed by atoms with Crippen molar-refractivity contribution in [3.63, 3.8) is 0 Å². The zero-order valence-electron chi connectivity index (χ0n) is 10.7. The van der Waals surface area contributed by atoms with E-state index in [4.69, 9.17) is 9.47 Å². The maximum absolute atomic E-state index is 5.86. The first kappa shape index (κ1) is 12.9. The topological polar surface area (TPSA) is 18.5 Å². The first-order valence-electron chi connectivity index (χ1n) is 6.06. The number of hydrogen-bond donors (Lipinski definition) is 0. The van der Waals surface area contributed by atoms with Gasteiger partial charge in [-0.3, -0.25) is 0 Å². The highest BCUT2D eigenvalue weighted by molar-refractivity contribution is 7.99. The predicted octanol–water partition coefficient (Wildman–Crippen LogP) is 3.57. The van der Waals surface area contributed by atoms with Crippen molar-refractivity contribution in [3.05, 3.63) is 30.3 Å². The molecule has 0 radical (unpaired) electrons. The molecule has 0 unspecified atom stereocenters. The van der Waals surface area contributed by atoms with Crippen molar-refractivity contribution in [1.29, 1.82) is 0 Å². The molecular weight excluding hydrogens is 232 g/mol. The van der Waals surface area contributed by atoms with Crippen molar-refractivity contribution < 1.29 is 9.47 Å². The summed E-state index contributed by atoms with van der Waals surface area (Å²) in [5.41, 5.74) is 0. The van der Waals surface area contributed by atoms with Gasteiger partial charge in [0.2, 0.25) is 0 Å². The van der Waals surface area contributed by atoms with Crippen LogP contribution in [-0.2, 0) is 9.47 Å². The highest BCUT2D eigenvalue weighted by Crippen LogP contribution is 2.29. The second kappa shape index (κ2) is 5.42. The van der Waals surface area contributed by atoms with E-state index in [1.54, 1.807) is 0 Å². The van der Waals surface area contributed by atoms with Gasteiger partial charge in [-0.2, -0.15) is 0 Å². The Morgan fingerprint density at radius 1 is 1.35 bits per heavy atom. The molecule has 0 aromatic heterocycles. The van der Waals surface area contributed by atoms with Crippen LogP contribution in [0.15, 0.2) is 35.2 Å². The third kappa shape index (κ3) is 3.73. The lowest BCUT2D eigenvalue weighted by molar-refractivity contribution is -0.142. The molecule has 94 valence electrons. The van der Waals surface area contributed by atoms with Crippen molar-refractivity contribution in [2.45, 2.75) is 37.6 Å². The Bertz CT molecular complexity index is 350. The maximum atomic E-state index is 5.86. The van der Waals surface area contributed by atoms with Gasteiger partial charge in [0.15, 0.2) is 5.79 Å². The summed E-state index contributed by atoms with van der Waals surface area (Å²) in [6.45, 7) is 6.89. The second-order valence-electron chi connectivity index (χ2n) is 4.97. The molecule has 1 aliphatic heterocycles. The minimum atomic E-state index is -0.406. The minimum absolute atomic E-state index is 0.223. The number of hydrogen-bond acceptors (Lipinski definition) is 3. The van der Waals surface area contributed by atoms with Gasteiger partial charge >= 0.3 is 0 Å². The van der Waals surface area contributed by atoms with E-state index in [0.717, 1.165) is 5.75 Å². The van der Waals surface area contributed by atoms with Crippen molar-refractivity contribution in [2.24, 2.45) is 5.92 Å². The molecule has 0 saturated carbocycles. The summed E-state index contributed by atoms with van der Waals surface area (Å²) in [5.74, 6) is 1.16. The Kier molecular flexibility index (Phi) is 4.13. The van der Waals surface area contributed by atoms with E-state index < -0.39 is 5.79 Å². The Labute approximate surface area is 108 Å². The second-order valence-corrected chi connectivity index (χ2v) is 6.06. The van der Waals surface area contributed by atoms with E-state index in [1.165, 1.54) is 4.90 Å². The lowest BCUT2D eigenvalue weighted by atomic mass is 10.1. The van der Waals surface area contributed by atoms with Crippen LogP contribution in [0.25, 0.3) is 0 Å². The van der Waals surface area contributed by atoms with Gasteiger partial charge in [-0.25, -0.2) is 0 Å². The average molecular weight is 252 g/mol. The summed E-state index contributed by atoms with van der Waals surface area (Å²) >= 11 is 1.88. The Balaban J connectivity index is 1.80. The molecule has 0 spiro atoms. The summed E-state index contributed by atoms with van der Waals surface area (Å²) in [4.78, 5) is 1.32. The summed E-state index contributed by atoms with van der Waals surface area (Å²) in [5, 5.41) is 0. The van der Waals surface area contributed by atoms with E-state index in [9.17, 15) is 0 Å². The molecule has 0 bridgehead atoms. The van der Waals surface area contributed by atoms with Gasteiger partial charge in [-0.15, -0.1) is 11.8 Å². The van der Waals surface area contributed by atoms with Crippen LogP contribution in [0.5, 0.6) is 0 Å². The quantitative estimate of drug-likeness (QED) is 0.763. The van der Waals surface area contributed by atoms with Gasteiger partial charge in [0.1, 0.15) is 0 Å². The van der Waals surface area contributed by atoms with E-state index in [0.29, 0.717) is 12.5 Å². The van der Waals surface area contributed by atoms with Crippen molar-refractivity contribution in [2.75, 3.05) is 12.4 Å². The zero-order chi connectivity index (χ0) is 12.3. The van der Waals surface area contributed by atoms with Crippen LogP contribution in [0.2, 0.25) is 0 Å². The van der Waals surface area contributed by atoms with E-state index >= 15 is 0 Å². The minimum Gasteiger partial charge on any atom is -0.348 e. The molecule has 2 atom stereocenters. The van der Waals surface area contributed by atoms with Crippen LogP contribution in [-0.4, -0.2) is 24.3 Å². The van der Waals surface area contributed by atoms with Crippen LogP contribution < -0.4 is 0 Å². The molecule has 1 saturated heterocycles. The molecule has 3 heteroatoms.